The van der Waals surface area contributed by atoms with Gasteiger partial charge < -0.3 is 10.6 Å². The van der Waals surface area contributed by atoms with Gasteiger partial charge in [-0.3, -0.25) is 9.79 Å². The van der Waals surface area contributed by atoms with Crippen LogP contribution in [0.1, 0.15) is 39.9 Å². The Morgan fingerprint density at radius 1 is 1.02 bits per heavy atom. The van der Waals surface area contributed by atoms with Gasteiger partial charge in [-0.15, -0.1) is 0 Å². The molecule has 1 aromatic heterocycles. The third-order valence-electron chi connectivity index (χ3n) is 5.88. The fourth-order valence-electron chi connectivity index (χ4n) is 3.55. The Hall–Kier alpha value is -3.07. The number of benzene rings is 1. The van der Waals surface area contributed by atoms with Crippen molar-refractivity contribution in [3.8, 4) is 0 Å². The van der Waals surface area contributed by atoms with Crippen LogP contribution in [0.2, 0.25) is 10.2 Å². The molecule has 1 fully saturated rings. The Morgan fingerprint density at radius 2 is 1.60 bits per heavy atom. The standard InChI is InChI=1S/C23H16Cl2F10N4O/c1-39(13-2-3-13)19(40)14-4-10(8-38-18(14)25)11(7-36)9-37-17-15(21(27,28)29)5-12(6-16(17)24)20(26,22(30,31)32)23(33,34)35/h4-9,13H,2-3,36H2,1H3/b11-7+,37-9?. The smallest absolute Gasteiger partial charge is 0.404 e. The number of aliphatic imine (C=N–C) groups is 1. The van der Waals surface area contributed by atoms with E-state index in [2.05, 4.69) is 9.98 Å². The predicted molar refractivity (Wildman–Crippen MR) is 126 cm³/mol. The Balaban J connectivity index is 2.10. The summed E-state index contributed by atoms with van der Waals surface area (Å²) in [5, 5.41) is -1.57. The van der Waals surface area contributed by atoms with E-state index in [0.29, 0.717) is 6.21 Å². The van der Waals surface area contributed by atoms with Crippen molar-refractivity contribution >= 4 is 46.6 Å². The summed E-state index contributed by atoms with van der Waals surface area (Å²) >= 11 is 11.6. The van der Waals surface area contributed by atoms with Gasteiger partial charge in [-0.25, -0.2) is 9.37 Å². The molecule has 2 N–H and O–H groups in total. The SMILES string of the molecule is CN(C(=O)c1cc(/C(C=Nc2c(Cl)cc(C(F)(C(F)(F)F)C(F)(F)F)cc2C(F)(F)F)=C/N)cnc1Cl)C1CC1. The highest BCUT2D eigenvalue weighted by Gasteiger charge is 2.73. The first-order valence-electron chi connectivity index (χ1n) is 10.9. The van der Waals surface area contributed by atoms with Crippen LogP contribution in [0.5, 0.6) is 0 Å². The van der Waals surface area contributed by atoms with Crippen LogP contribution in [0.15, 0.2) is 35.6 Å². The van der Waals surface area contributed by atoms with E-state index in [-0.39, 0.29) is 34.0 Å². The molecule has 17 heteroatoms. The Labute approximate surface area is 229 Å². The van der Waals surface area contributed by atoms with Gasteiger partial charge in [0.1, 0.15) is 5.15 Å². The van der Waals surface area contributed by atoms with Crippen molar-refractivity contribution in [3.63, 3.8) is 0 Å². The van der Waals surface area contributed by atoms with Crippen molar-refractivity contribution in [2.24, 2.45) is 10.7 Å². The van der Waals surface area contributed by atoms with Crippen molar-refractivity contribution in [2.75, 3.05) is 7.05 Å². The third kappa shape index (κ3) is 5.99. The zero-order valence-corrected chi connectivity index (χ0v) is 21.3. The molecule has 0 radical (unpaired) electrons. The van der Waals surface area contributed by atoms with Gasteiger partial charge >= 0.3 is 24.2 Å². The molecule has 0 spiro atoms. The van der Waals surface area contributed by atoms with Crippen LogP contribution in [0.3, 0.4) is 0 Å². The molecule has 2 aromatic rings. The van der Waals surface area contributed by atoms with Crippen LogP contribution in [0.25, 0.3) is 5.57 Å². The van der Waals surface area contributed by atoms with Crippen molar-refractivity contribution in [3.05, 3.63) is 63.0 Å². The van der Waals surface area contributed by atoms with Gasteiger partial charge in [-0.05, 0) is 31.0 Å². The summed E-state index contributed by atoms with van der Waals surface area (Å²) < 4.78 is 134. The molecule has 1 aliphatic carbocycles. The number of amides is 1. The minimum Gasteiger partial charge on any atom is -0.404 e. The average Bonchev–Trinajstić information content (AvgIpc) is 3.67. The zero-order chi connectivity index (χ0) is 30.4. The number of alkyl halides is 10. The van der Waals surface area contributed by atoms with E-state index in [1.807, 2.05) is 0 Å². The maximum atomic E-state index is 14.5. The van der Waals surface area contributed by atoms with Gasteiger partial charge in [0.05, 0.1) is 21.8 Å². The van der Waals surface area contributed by atoms with Gasteiger partial charge in [0.25, 0.3) is 5.91 Å². The lowest BCUT2D eigenvalue weighted by Crippen LogP contribution is -2.50. The van der Waals surface area contributed by atoms with Gasteiger partial charge in [0.15, 0.2) is 0 Å². The second kappa shape index (κ2) is 10.7. The number of pyridine rings is 1. The number of nitrogens with zero attached hydrogens (tertiary/aromatic N) is 3. The Bertz CT molecular complexity index is 1350. The van der Waals surface area contributed by atoms with Gasteiger partial charge in [0, 0.05) is 48.4 Å². The molecular formula is C23H16Cl2F10N4O. The number of halogens is 12. The molecule has 1 aliphatic rings. The van der Waals surface area contributed by atoms with E-state index in [1.165, 1.54) is 18.0 Å². The van der Waals surface area contributed by atoms with Crippen LogP contribution >= 0.6 is 23.2 Å². The third-order valence-corrected chi connectivity index (χ3v) is 6.47. The summed E-state index contributed by atoms with van der Waals surface area (Å²) in [5.74, 6) is -0.516. The number of allylic oxidation sites excluding steroid dienone is 1. The van der Waals surface area contributed by atoms with Gasteiger partial charge in [0.2, 0.25) is 0 Å². The van der Waals surface area contributed by atoms with E-state index in [4.69, 9.17) is 28.9 Å². The molecule has 218 valence electrons. The number of rotatable bonds is 6. The summed E-state index contributed by atoms with van der Waals surface area (Å²) in [7, 11) is 1.53. The molecule has 1 aromatic carbocycles. The number of aromatic nitrogens is 1. The first-order chi connectivity index (χ1) is 18.2. The fourth-order valence-corrected chi connectivity index (χ4v) is 4.01. The summed E-state index contributed by atoms with van der Waals surface area (Å²) in [4.78, 5) is 21.5. The molecule has 40 heavy (non-hydrogen) atoms. The van der Waals surface area contributed by atoms with Crippen molar-refractivity contribution in [1.29, 1.82) is 0 Å². The lowest BCUT2D eigenvalue weighted by atomic mass is 9.92. The molecular weight excluding hydrogens is 609 g/mol. The van der Waals surface area contributed by atoms with Crippen LogP contribution in [-0.4, -0.2) is 47.4 Å². The first kappa shape index (κ1) is 31.5. The number of carbonyl (C=O) groups is 1. The number of hydrogen-bond donors (Lipinski definition) is 1. The Kier molecular flexibility index (Phi) is 8.44. The molecule has 0 saturated heterocycles. The number of hydrogen-bond acceptors (Lipinski definition) is 4. The minimum atomic E-state index is -6.68. The lowest BCUT2D eigenvalue weighted by molar-refractivity contribution is -0.348. The number of nitrogens with two attached hydrogens (primary N) is 1. The predicted octanol–water partition coefficient (Wildman–Crippen LogP) is 7.63. The average molecular weight is 625 g/mol. The molecule has 0 atom stereocenters. The molecule has 1 heterocycles. The highest BCUT2D eigenvalue weighted by molar-refractivity contribution is 6.34. The fraction of sp³-hybridized carbons (Fsp3) is 0.348. The van der Waals surface area contributed by atoms with E-state index >= 15 is 0 Å². The van der Waals surface area contributed by atoms with E-state index in [0.717, 1.165) is 25.2 Å². The molecule has 0 bridgehead atoms. The molecule has 0 aliphatic heterocycles. The highest BCUT2D eigenvalue weighted by atomic mass is 35.5. The maximum absolute atomic E-state index is 14.5. The first-order valence-corrected chi connectivity index (χ1v) is 11.6. The minimum absolute atomic E-state index is 0.0121. The second-order valence-corrected chi connectivity index (χ2v) is 9.36. The van der Waals surface area contributed by atoms with Gasteiger partial charge in [-0.1, -0.05) is 23.2 Å². The van der Waals surface area contributed by atoms with Crippen LogP contribution < -0.4 is 5.73 Å². The van der Waals surface area contributed by atoms with Crippen LogP contribution in [0.4, 0.5) is 49.6 Å². The normalized spacial score (nSPS) is 15.6. The van der Waals surface area contributed by atoms with Crippen LogP contribution in [-0.2, 0) is 11.8 Å². The van der Waals surface area contributed by atoms with Crippen molar-refractivity contribution in [2.45, 2.75) is 43.1 Å². The largest absolute Gasteiger partial charge is 0.435 e. The summed E-state index contributed by atoms with van der Waals surface area (Å²) in [5.41, 5.74) is -6.85. The molecule has 3 rings (SSSR count). The maximum Gasteiger partial charge on any atom is 0.435 e. The van der Waals surface area contributed by atoms with E-state index in [9.17, 15) is 48.7 Å². The molecule has 1 saturated carbocycles. The van der Waals surface area contributed by atoms with Crippen molar-refractivity contribution in [1.82, 2.24) is 9.88 Å². The molecule has 1 amide bonds. The van der Waals surface area contributed by atoms with Gasteiger partial charge in [-0.2, -0.15) is 39.5 Å². The molecule has 5 nitrogen and oxygen atoms in total. The summed E-state index contributed by atoms with van der Waals surface area (Å²) in [6, 6.07) is 0.285. The quantitative estimate of drug-likeness (QED) is 0.204. The lowest BCUT2D eigenvalue weighted by Gasteiger charge is -2.31. The monoisotopic (exact) mass is 624 g/mol. The zero-order valence-electron chi connectivity index (χ0n) is 19.8. The summed E-state index contributed by atoms with van der Waals surface area (Å²) in [6.45, 7) is 0. The van der Waals surface area contributed by atoms with E-state index in [1.54, 1.807) is 0 Å². The Morgan fingerprint density at radius 3 is 2.08 bits per heavy atom. The second-order valence-electron chi connectivity index (χ2n) is 8.60. The topological polar surface area (TPSA) is 71.6 Å². The number of carbonyl (C=O) groups excluding carboxylic acids is 1. The van der Waals surface area contributed by atoms with Crippen molar-refractivity contribution < 1.29 is 48.7 Å². The summed E-state index contributed by atoms with van der Waals surface area (Å²) in [6.07, 6.45) is -14.9. The van der Waals surface area contributed by atoms with E-state index < -0.39 is 58.0 Å². The molecule has 0 unspecified atom stereocenters. The highest BCUT2D eigenvalue weighted by Crippen LogP contribution is 2.55. The van der Waals surface area contributed by atoms with Crippen LogP contribution in [0, 0.1) is 0 Å².